The molecule has 7 heteroatoms. The Morgan fingerprint density at radius 2 is 1.85 bits per heavy atom. The predicted molar refractivity (Wildman–Crippen MR) is 128 cm³/mol. The van der Waals surface area contributed by atoms with Crippen LogP contribution in [0.5, 0.6) is 17.2 Å². The number of benzene rings is 2. The van der Waals surface area contributed by atoms with Gasteiger partial charge in [-0.25, -0.2) is 0 Å². The lowest BCUT2D eigenvalue weighted by Gasteiger charge is -2.45. The van der Waals surface area contributed by atoms with Gasteiger partial charge < -0.3 is 28.4 Å². The molecule has 1 amide bonds. The lowest BCUT2D eigenvalue weighted by molar-refractivity contribution is -0.00932. The first-order valence-corrected chi connectivity index (χ1v) is 11.6. The number of nitrogens with zero attached hydrogens (tertiary/aromatic N) is 2. The van der Waals surface area contributed by atoms with E-state index in [2.05, 4.69) is 29.0 Å². The van der Waals surface area contributed by atoms with Gasteiger partial charge in [-0.15, -0.1) is 0 Å². The van der Waals surface area contributed by atoms with Crippen LogP contribution in [0.25, 0.3) is 5.69 Å². The van der Waals surface area contributed by atoms with Gasteiger partial charge in [-0.3, -0.25) is 4.79 Å². The van der Waals surface area contributed by atoms with E-state index in [0.29, 0.717) is 36.8 Å². The van der Waals surface area contributed by atoms with Gasteiger partial charge in [0.2, 0.25) is 0 Å². The third-order valence-corrected chi connectivity index (χ3v) is 6.79. The Bertz CT molecular complexity index is 1180. The van der Waals surface area contributed by atoms with Crippen molar-refractivity contribution < 1.29 is 23.7 Å². The highest BCUT2D eigenvalue weighted by Crippen LogP contribution is 2.45. The molecule has 1 saturated heterocycles. The van der Waals surface area contributed by atoms with Gasteiger partial charge >= 0.3 is 0 Å². The van der Waals surface area contributed by atoms with Gasteiger partial charge in [-0.05, 0) is 49.4 Å². The minimum atomic E-state index is -0.429. The van der Waals surface area contributed by atoms with Crippen molar-refractivity contribution >= 4 is 5.91 Å². The van der Waals surface area contributed by atoms with Crippen LogP contribution in [-0.2, 0) is 10.3 Å². The Hall–Kier alpha value is -3.45. The van der Waals surface area contributed by atoms with E-state index < -0.39 is 5.60 Å². The number of hydrogen-bond donors (Lipinski definition) is 0. The van der Waals surface area contributed by atoms with Crippen molar-refractivity contribution in [2.45, 2.75) is 31.5 Å². The monoisotopic (exact) mass is 462 g/mol. The highest BCUT2D eigenvalue weighted by molar-refractivity contribution is 5.95. The van der Waals surface area contributed by atoms with Crippen LogP contribution in [0.15, 0.2) is 60.8 Å². The number of carbonyl (C=O) groups excluding carboxylic acids is 1. The molecule has 0 unspecified atom stereocenters. The van der Waals surface area contributed by atoms with E-state index >= 15 is 0 Å². The van der Waals surface area contributed by atoms with Crippen LogP contribution in [-0.4, -0.2) is 55.4 Å². The molecule has 1 atom stereocenters. The van der Waals surface area contributed by atoms with E-state index in [1.165, 1.54) is 0 Å². The molecule has 1 spiro atoms. The Kier molecular flexibility index (Phi) is 5.96. The molecule has 1 aromatic heterocycles. The number of methoxy groups -OCH3 is 2. The van der Waals surface area contributed by atoms with Crippen molar-refractivity contribution in [3.63, 3.8) is 0 Å². The van der Waals surface area contributed by atoms with Crippen molar-refractivity contribution in [2.24, 2.45) is 0 Å². The molecule has 2 aliphatic heterocycles. The number of hydrogen-bond acceptors (Lipinski definition) is 5. The molecular formula is C27H30N2O5. The van der Waals surface area contributed by atoms with E-state index in [1.807, 2.05) is 30.0 Å². The molecule has 0 N–H and O–H groups in total. The van der Waals surface area contributed by atoms with E-state index in [0.717, 1.165) is 30.0 Å². The molecule has 0 saturated carbocycles. The van der Waals surface area contributed by atoms with Crippen LogP contribution in [0, 0.1) is 0 Å². The third-order valence-electron chi connectivity index (χ3n) is 6.79. The highest BCUT2D eigenvalue weighted by Gasteiger charge is 2.44. The van der Waals surface area contributed by atoms with Gasteiger partial charge in [-0.2, -0.15) is 0 Å². The standard InChI is InChI=1S/C27H30N2O5/c1-19(31-2)18-33-23-11-10-20(17-24(23)32-3)26(30)28-15-12-27(13-16-28)25-9-6-14-29(25)21-7-4-5-8-22(21)34-27/h4-11,14,17,19H,12-13,15-16,18H2,1-3H3/t19-/m0/s1. The van der Waals surface area contributed by atoms with Gasteiger partial charge in [0.25, 0.3) is 5.91 Å². The quantitative estimate of drug-likeness (QED) is 0.543. The Morgan fingerprint density at radius 1 is 1.06 bits per heavy atom. The van der Waals surface area contributed by atoms with Crippen LogP contribution >= 0.6 is 0 Å². The molecule has 0 radical (unpaired) electrons. The van der Waals surface area contributed by atoms with Crippen molar-refractivity contribution in [1.29, 1.82) is 0 Å². The van der Waals surface area contributed by atoms with Gasteiger partial charge in [0.15, 0.2) is 17.1 Å². The van der Waals surface area contributed by atoms with Crippen molar-refractivity contribution in [3.8, 4) is 22.9 Å². The second-order valence-corrected chi connectivity index (χ2v) is 8.84. The van der Waals surface area contributed by atoms with Crippen molar-refractivity contribution in [3.05, 3.63) is 72.1 Å². The molecule has 2 aliphatic rings. The van der Waals surface area contributed by atoms with E-state index in [4.69, 9.17) is 18.9 Å². The predicted octanol–water partition coefficient (Wildman–Crippen LogP) is 4.42. The fourth-order valence-electron chi connectivity index (χ4n) is 4.77. The molecule has 3 aromatic rings. The van der Waals surface area contributed by atoms with E-state index in [1.54, 1.807) is 32.4 Å². The van der Waals surface area contributed by atoms with Crippen LogP contribution in [0.1, 0.15) is 35.8 Å². The van der Waals surface area contributed by atoms with Gasteiger partial charge in [0, 0.05) is 44.8 Å². The normalized spacial score (nSPS) is 16.9. The number of aromatic nitrogens is 1. The largest absolute Gasteiger partial charge is 0.493 e. The Morgan fingerprint density at radius 3 is 2.62 bits per heavy atom. The molecule has 2 aromatic carbocycles. The van der Waals surface area contributed by atoms with Gasteiger partial charge in [0.1, 0.15) is 12.4 Å². The summed E-state index contributed by atoms with van der Waals surface area (Å²) < 4.78 is 25.3. The zero-order chi connectivity index (χ0) is 23.7. The van der Waals surface area contributed by atoms with Crippen LogP contribution in [0.3, 0.4) is 0 Å². The Labute approximate surface area is 199 Å². The molecule has 0 bridgehead atoms. The second kappa shape index (κ2) is 9.06. The summed E-state index contributed by atoms with van der Waals surface area (Å²) in [5, 5.41) is 0. The molecule has 1 fully saturated rings. The SMILES string of the molecule is COc1cc(C(=O)N2CCC3(CC2)Oc2ccccc2-n2cccc23)ccc1OC[C@H](C)OC. The number of amides is 1. The Balaban J connectivity index is 1.31. The zero-order valence-corrected chi connectivity index (χ0v) is 19.8. The zero-order valence-electron chi connectivity index (χ0n) is 19.8. The number of ether oxygens (including phenoxy) is 4. The first-order valence-electron chi connectivity index (χ1n) is 11.6. The summed E-state index contributed by atoms with van der Waals surface area (Å²) in [5.74, 6) is 1.99. The molecule has 3 heterocycles. The lowest BCUT2D eigenvalue weighted by Crippen LogP contribution is -2.50. The average Bonchev–Trinajstić information content (AvgIpc) is 3.39. The summed E-state index contributed by atoms with van der Waals surface area (Å²) in [4.78, 5) is 15.2. The number of para-hydroxylation sites is 2. The lowest BCUT2D eigenvalue weighted by atomic mass is 9.86. The van der Waals surface area contributed by atoms with Crippen molar-refractivity contribution in [1.82, 2.24) is 9.47 Å². The fourth-order valence-corrected chi connectivity index (χ4v) is 4.77. The maximum Gasteiger partial charge on any atom is 0.253 e. The minimum Gasteiger partial charge on any atom is -0.493 e. The van der Waals surface area contributed by atoms with Crippen LogP contribution < -0.4 is 14.2 Å². The maximum atomic E-state index is 13.3. The smallest absolute Gasteiger partial charge is 0.253 e. The molecule has 34 heavy (non-hydrogen) atoms. The highest BCUT2D eigenvalue weighted by atomic mass is 16.5. The van der Waals surface area contributed by atoms with Crippen molar-refractivity contribution in [2.75, 3.05) is 33.9 Å². The maximum absolute atomic E-state index is 13.3. The number of likely N-dealkylation sites (tertiary alicyclic amines) is 1. The number of carbonyl (C=O) groups is 1. The first-order chi connectivity index (χ1) is 16.5. The summed E-state index contributed by atoms with van der Waals surface area (Å²) in [6.45, 7) is 3.55. The van der Waals surface area contributed by atoms with Gasteiger partial charge in [-0.1, -0.05) is 12.1 Å². The average molecular weight is 463 g/mol. The minimum absolute atomic E-state index is 0.0171. The molecule has 178 valence electrons. The van der Waals surface area contributed by atoms with E-state index in [9.17, 15) is 4.79 Å². The van der Waals surface area contributed by atoms with Crippen LogP contribution in [0.4, 0.5) is 0 Å². The molecule has 0 aliphatic carbocycles. The van der Waals surface area contributed by atoms with Gasteiger partial charge in [0.05, 0.1) is 24.6 Å². The number of rotatable bonds is 6. The summed E-state index contributed by atoms with van der Waals surface area (Å²) in [7, 11) is 3.22. The topological polar surface area (TPSA) is 62.2 Å². The summed E-state index contributed by atoms with van der Waals surface area (Å²) in [5.41, 5.74) is 2.35. The number of piperidine rings is 1. The number of fused-ring (bicyclic) bond motifs is 4. The summed E-state index contributed by atoms with van der Waals surface area (Å²) in [6, 6.07) is 17.6. The first kappa shape index (κ1) is 22.3. The third kappa shape index (κ3) is 3.90. The molecular weight excluding hydrogens is 432 g/mol. The summed E-state index contributed by atoms with van der Waals surface area (Å²) >= 11 is 0. The fraction of sp³-hybridized carbons (Fsp3) is 0.370. The molecule has 5 rings (SSSR count). The summed E-state index contributed by atoms with van der Waals surface area (Å²) in [6.07, 6.45) is 3.50. The van der Waals surface area contributed by atoms with Crippen LogP contribution in [0.2, 0.25) is 0 Å². The van der Waals surface area contributed by atoms with E-state index in [-0.39, 0.29) is 12.0 Å². The second-order valence-electron chi connectivity index (χ2n) is 8.84. The molecule has 7 nitrogen and oxygen atoms in total.